The van der Waals surface area contributed by atoms with Crippen LogP contribution in [0.25, 0.3) is 10.8 Å². The number of aliphatic hydroxyl groups excluding tert-OH is 4. The Labute approximate surface area is 150 Å². The van der Waals surface area contributed by atoms with Crippen LogP contribution in [0, 0.1) is 11.8 Å². The molecule has 2 aliphatic carbocycles. The number of hydrogen-bond donors (Lipinski definition) is 4. The predicted molar refractivity (Wildman–Crippen MR) is 92.8 cm³/mol. The average molecular weight is 358 g/mol. The average Bonchev–Trinajstić information content (AvgIpc) is 2.62. The van der Waals surface area contributed by atoms with Crippen molar-refractivity contribution in [3.8, 4) is 11.5 Å². The van der Waals surface area contributed by atoms with Crippen LogP contribution in [0.4, 0.5) is 0 Å². The summed E-state index contributed by atoms with van der Waals surface area (Å²) in [5, 5.41) is 43.8. The molecule has 0 saturated heterocycles. The fourth-order valence-electron chi connectivity index (χ4n) is 5.08. The molecule has 0 bridgehead atoms. The van der Waals surface area contributed by atoms with Crippen molar-refractivity contribution in [3.05, 3.63) is 36.4 Å². The molecule has 2 fully saturated rings. The summed E-state index contributed by atoms with van der Waals surface area (Å²) in [6, 6.07) is 11.5. The van der Waals surface area contributed by atoms with Crippen LogP contribution in [0.1, 0.15) is 19.3 Å². The van der Waals surface area contributed by atoms with E-state index in [1.807, 2.05) is 36.4 Å². The first-order valence-corrected chi connectivity index (χ1v) is 9.12. The van der Waals surface area contributed by atoms with Crippen molar-refractivity contribution in [2.24, 2.45) is 11.8 Å². The van der Waals surface area contributed by atoms with Crippen LogP contribution in [-0.2, 0) is 0 Å². The Morgan fingerprint density at radius 2 is 1.50 bits per heavy atom. The highest BCUT2D eigenvalue weighted by Crippen LogP contribution is 2.53. The van der Waals surface area contributed by atoms with Crippen LogP contribution >= 0.6 is 0 Å². The van der Waals surface area contributed by atoms with Crippen LogP contribution < -0.4 is 9.47 Å². The summed E-state index contributed by atoms with van der Waals surface area (Å²) in [5.41, 5.74) is 0. The molecule has 1 spiro atoms. The molecule has 0 radical (unpaired) electrons. The van der Waals surface area contributed by atoms with Crippen molar-refractivity contribution in [1.29, 1.82) is 0 Å². The second-order valence-electron chi connectivity index (χ2n) is 7.70. The van der Waals surface area contributed by atoms with E-state index in [-0.39, 0.29) is 6.42 Å². The summed E-state index contributed by atoms with van der Waals surface area (Å²) in [6.45, 7) is 0. The molecule has 1 heterocycles. The molecule has 4 N–H and O–H groups in total. The first kappa shape index (κ1) is 16.3. The Kier molecular flexibility index (Phi) is 3.49. The largest absolute Gasteiger partial charge is 0.451 e. The minimum Gasteiger partial charge on any atom is -0.451 e. The zero-order valence-electron chi connectivity index (χ0n) is 14.2. The van der Waals surface area contributed by atoms with Crippen molar-refractivity contribution in [2.75, 3.05) is 0 Å². The summed E-state index contributed by atoms with van der Waals surface area (Å²) in [4.78, 5) is 0. The van der Waals surface area contributed by atoms with E-state index in [0.717, 1.165) is 10.8 Å². The molecule has 0 amide bonds. The SMILES string of the molecule is OC1CC(O)C2C(O)CCC3(Oc4cccc5cccc(c45)O3)C2C1O. The monoisotopic (exact) mass is 358 g/mol. The first-order chi connectivity index (χ1) is 12.5. The molecule has 0 aromatic heterocycles. The van der Waals surface area contributed by atoms with Crippen LogP contribution in [0.15, 0.2) is 36.4 Å². The summed E-state index contributed by atoms with van der Waals surface area (Å²) >= 11 is 0. The standard InChI is InChI=1S/C20H22O6/c21-11-7-8-20(18-17(11)12(22)9-13(23)19(18)24)25-14-5-1-3-10-4-2-6-15(26-20)16(10)14/h1-6,11-13,17-19,21-24H,7-9H2. The van der Waals surface area contributed by atoms with Gasteiger partial charge in [-0.25, -0.2) is 0 Å². The predicted octanol–water partition coefficient (Wildman–Crippen LogP) is 1.18. The number of fused-ring (bicyclic) bond motifs is 2. The van der Waals surface area contributed by atoms with Crippen molar-refractivity contribution >= 4 is 10.8 Å². The fourth-order valence-corrected chi connectivity index (χ4v) is 5.08. The minimum absolute atomic E-state index is 0.0294. The van der Waals surface area contributed by atoms with Crippen LogP contribution in [0.2, 0.25) is 0 Å². The maximum Gasteiger partial charge on any atom is 0.257 e. The van der Waals surface area contributed by atoms with E-state index in [0.29, 0.717) is 24.3 Å². The van der Waals surface area contributed by atoms with Crippen LogP contribution in [0.3, 0.4) is 0 Å². The molecule has 2 aromatic carbocycles. The third-order valence-corrected chi connectivity index (χ3v) is 6.24. The summed E-state index contributed by atoms with van der Waals surface area (Å²) < 4.78 is 12.6. The van der Waals surface area contributed by atoms with Gasteiger partial charge in [0, 0.05) is 18.8 Å². The summed E-state index contributed by atoms with van der Waals surface area (Å²) in [5.74, 6) is -1.28. The minimum atomic E-state index is -1.23. The van der Waals surface area contributed by atoms with E-state index in [2.05, 4.69) is 0 Å². The highest BCUT2D eigenvalue weighted by molar-refractivity contribution is 5.94. The Morgan fingerprint density at radius 3 is 2.15 bits per heavy atom. The lowest BCUT2D eigenvalue weighted by Crippen LogP contribution is -2.68. The van der Waals surface area contributed by atoms with E-state index in [4.69, 9.17) is 9.47 Å². The molecule has 5 rings (SSSR count). The highest BCUT2D eigenvalue weighted by atomic mass is 16.7. The van der Waals surface area contributed by atoms with E-state index in [9.17, 15) is 20.4 Å². The zero-order valence-corrected chi connectivity index (χ0v) is 14.2. The molecular weight excluding hydrogens is 336 g/mol. The number of hydrogen-bond acceptors (Lipinski definition) is 6. The molecule has 6 atom stereocenters. The first-order valence-electron chi connectivity index (χ1n) is 9.12. The maximum absolute atomic E-state index is 10.7. The lowest BCUT2D eigenvalue weighted by Gasteiger charge is -2.55. The van der Waals surface area contributed by atoms with Gasteiger partial charge in [0.2, 0.25) is 0 Å². The molecule has 138 valence electrons. The van der Waals surface area contributed by atoms with Crippen molar-refractivity contribution in [3.63, 3.8) is 0 Å². The summed E-state index contributed by atoms with van der Waals surface area (Å²) in [7, 11) is 0. The highest BCUT2D eigenvalue weighted by Gasteiger charge is 2.62. The Bertz CT molecular complexity index is 811. The van der Waals surface area contributed by atoms with E-state index >= 15 is 0 Å². The Hall–Kier alpha value is -1.86. The number of ether oxygens (including phenoxy) is 2. The number of aliphatic hydroxyl groups is 4. The smallest absolute Gasteiger partial charge is 0.257 e. The quantitative estimate of drug-likeness (QED) is 0.564. The van der Waals surface area contributed by atoms with Gasteiger partial charge in [0.15, 0.2) is 0 Å². The molecule has 3 aliphatic rings. The van der Waals surface area contributed by atoms with Crippen molar-refractivity contribution in [2.45, 2.75) is 49.5 Å². The van der Waals surface area contributed by atoms with E-state index < -0.39 is 42.0 Å². The van der Waals surface area contributed by atoms with E-state index in [1.54, 1.807) is 0 Å². The normalized spacial score (nSPS) is 37.7. The number of rotatable bonds is 0. The van der Waals surface area contributed by atoms with E-state index in [1.165, 1.54) is 0 Å². The molecule has 2 saturated carbocycles. The topological polar surface area (TPSA) is 99.4 Å². The molecule has 6 nitrogen and oxygen atoms in total. The number of benzene rings is 2. The summed E-state index contributed by atoms with van der Waals surface area (Å²) in [6.07, 6.45) is -3.16. The fraction of sp³-hybridized carbons (Fsp3) is 0.500. The lowest BCUT2D eigenvalue weighted by atomic mass is 9.62. The molecular formula is C20H22O6. The van der Waals surface area contributed by atoms with Gasteiger partial charge >= 0.3 is 0 Å². The maximum atomic E-state index is 10.7. The zero-order chi connectivity index (χ0) is 18.1. The van der Waals surface area contributed by atoms with Gasteiger partial charge in [0.25, 0.3) is 5.79 Å². The molecule has 2 aromatic rings. The van der Waals surface area contributed by atoms with Crippen LogP contribution in [-0.4, -0.2) is 50.6 Å². The van der Waals surface area contributed by atoms with Crippen molar-refractivity contribution < 1.29 is 29.9 Å². The van der Waals surface area contributed by atoms with Gasteiger partial charge in [-0.15, -0.1) is 0 Å². The van der Waals surface area contributed by atoms with Gasteiger partial charge < -0.3 is 29.9 Å². The molecule has 6 heteroatoms. The lowest BCUT2D eigenvalue weighted by molar-refractivity contribution is -0.277. The van der Waals surface area contributed by atoms with Gasteiger partial charge in [-0.05, 0) is 23.9 Å². The second kappa shape index (κ2) is 5.57. The second-order valence-corrected chi connectivity index (χ2v) is 7.70. The van der Waals surface area contributed by atoms with Crippen molar-refractivity contribution in [1.82, 2.24) is 0 Å². The molecule has 1 aliphatic heterocycles. The molecule has 26 heavy (non-hydrogen) atoms. The Balaban J connectivity index is 1.64. The van der Waals surface area contributed by atoms with Gasteiger partial charge in [-0.1, -0.05) is 24.3 Å². The third-order valence-electron chi connectivity index (χ3n) is 6.24. The third kappa shape index (κ3) is 2.13. The Morgan fingerprint density at radius 1 is 0.846 bits per heavy atom. The van der Waals surface area contributed by atoms with Gasteiger partial charge in [0.1, 0.15) is 11.5 Å². The molecule has 6 unspecified atom stereocenters. The van der Waals surface area contributed by atoms with Gasteiger partial charge in [-0.2, -0.15) is 0 Å². The van der Waals surface area contributed by atoms with Gasteiger partial charge in [0.05, 0.1) is 35.7 Å². The van der Waals surface area contributed by atoms with Gasteiger partial charge in [-0.3, -0.25) is 0 Å². The van der Waals surface area contributed by atoms with Crippen LogP contribution in [0.5, 0.6) is 11.5 Å².